The molecule has 4 atom stereocenters. The van der Waals surface area contributed by atoms with Gasteiger partial charge in [-0.15, -0.1) is 0 Å². The van der Waals surface area contributed by atoms with Gasteiger partial charge in [-0.3, -0.25) is 9.59 Å². The number of hydrogen-bond acceptors (Lipinski definition) is 5. The summed E-state index contributed by atoms with van der Waals surface area (Å²) in [5.41, 5.74) is 0. The molecule has 0 aromatic carbocycles. The van der Waals surface area contributed by atoms with Crippen LogP contribution in [0.4, 0.5) is 0 Å². The van der Waals surface area contributed by atoms with E-state index in [1.165, 1.54) is 12.0 Å². The van der Waals surface area contributed by atoms with Gasteiger partial charge in [0.05, 0.1) is 32.1 Å². The molecule has 2 rings (SSSR count). The minimum atomic E-state index is -0.921. The third-order valence-corrected chi connectivity index (χ3v) is 4.27. The van der Waals surface area contributed by atoms with Gasteiger partial charge in [0, 0.05) is 6.54 Å². The van der Waals surface area contributed by atoms with Crippen LogP contribution in [0.15, 0.2) is 0 Å². The Bertz CT molecular complexity index is 437. The van der Waals surface area contributed by atoms with Crippen molar-refractivity contribution in [1.29, 1.82) is 0 Å². The molecule has 1 saturated carbocycles. The van der Waals surface area contributed by atoms with Crippen LogP contribution in [0.2, 0.25) is 0 Å². The first kappa shape index (κ1) is 15.8. The monoisotopic (exact) mass is 299 g/mol. The van der Waals surface area contributed by atoms with Crippen molar-refractivity contribution < 1.29 is 29.0 Å². The number of esters is 1. The zero-order valence-corrected chi connectivity index (χ0v) is 12.3. The number of carboxylic acids is 1. The maximum Gasteiger partial charge on any atom is 0.336 e. The Balaban J connectivity index is 2.05. The van der Waals surface area contributed by atoms with E-state index in [-0.39, 0.29) is 25.0 Å². The molecule has 1 aliphatic carbocycles. The van der Waals surface area contributed by atoms with Crippen LogP contribution < -0.4 is 0 Å². The molecular weight excluding hydrogens is 278 g/mol. The molecule has 1 saturated heterocycles. The predicted molar refractivity (Wildman–Crippen MR) is 71.3 cm³/mol. The number of methoxy groups -OCH3 is 1. The summed E-state index contributed by atoms with van der Waals surface area (Å²) in [6.45, 7) is 2.72. The molecule has 2 unspecified atom stereocenters. The van der Waals surface area contributed by atoms with E-state index in [4.69, 9.17) is 4.74 Å². The molecule has 2 aliphatic rings. The number of carbonyl (C=O) groups is 3. The normalized spacial score (nSPS) is 32.8. The summed E-state index contributed by atoms with van der Waals surface area (Å²) in [7, 11) is 1.27. The number of hydrogen-bond donors (Lipinski definition) is 1. The van der Waals surface area contributed by atoms with Gasteiger partial charge < -0.3 is 19.5 Å². The smallest absolute Gasteiger partial charge is 0.336 e. The third-order valence-electron chi connectivity index (χ3n) is 4.27. The lowest BCUT2D eigenvalue weighted by atomic mass is 9.94. The Morgan fingerprint density at radius 1 is 1.24 bits per heavy atom. The Hall–Kier alpha value is -1.63. The van der Waals surface area contributed by atoms with E-state index in [0.29, 0.717) is 19.4 Å². The van der Waals surface area contributed by atoms with Gasteiger partial charge in [-0.1, -0.05) is 6.92 Å². The van der Waals surface area contributed by atoms with Crippen LogP contribution in [-0.2, 0) is 23.9 Å². The minimum Gasteiger partial charge on any atom is -0.481 e. The minimum absolute atomic E-state index is 0.128. The lowest BCUT2D eigenvalue weighted by molar-refractivity contribution is -0.165. The summed E-state index contributed by atoms with van der Waals surface area (Å²) >= 11 is 0. The van der Waals surface area contributed by atoms with Gasteiger partial charge in [0.15, 0.2) is 6.10 Å². The molecule has 1 N–H and O–H groups in total. The molecule has 7 heteroatoms. The highest BCUT2D eigenvalue weighted by Gasteiger charge is 2.44. The zero-order valence-electron chi connectivity index (χ0n) is 12.3. The van der Waals surface area contributed by atoms with Crippen LogP contribution in [0.3, 0.4) is 0 Å². The van der Waals surface area contributed by atoms with Gasteiger partial charge >= 0.3 is 11.9 Å². The summed E-state index contributed by atoms with van der Waals surface area (Å²) in [4.78, 5) is 36.9. The van der Waals surface area contributed by atoms with Crippen molar-refractivity contribution in [2.24, 2.45) is 17.8 Å². The first-order valence-electron chi connectivity index (χ1n) is 7.15. The van der Waals surface area contributed by atoms with E-state index < -0.39 is 29.9 Å². The number of amides is 1. The maximum absolute atomic E-state index is 12.6. The lowest BCUT2D eigenvalue weighted by Gasteiger charge is -2.33. The summed E-state index contributed by atoms with van der Waals surface area (Å²) in [6.07, 6.45) is 0.321. The fourth-order valence-corrected chi connectivity index (χ4v) is 3.20. The van der Waals surface area contributed by atoms with Crippen LogP contribution in [0, 0.1) is 17.8 Å². The molecule has 118 valence electrons. The lowest BCUT2D eigenvalue weighted by Crippen LogP contribution is -2.51. The average molecular weight is 299 g/mol. The van der Waals surface area contributed by atoms with Gasteiger partial charge in [-0.05, 0) is 18.8 Å². The Morgan fingerprint density at radius 2 is 1.90 bits per heavy atom. The molecule has 7 nitrogen and oxygen atoms in total. The second-order valence-electron chi connectivity index (χ2n) is 5.79. The van der Waals surface area contributed by atoms with E-state index in [1.807, 2.05) is 6.92 Å². The van der Waals surface area contributed by atoms with Gasteiger partial charge in [-0.2, -0.15) is 0 Å². The molecule has 1 amide bonds. The van der Waals surface area contributed by atoms with Crippen molar-refractivity contribution in [2.75, 3.05) is 26.8 Å². The first-order chi connectivity index (χ1) is 9.93. The molecule has 0 bridgehead atoms. The Morgan fingerprint density at radius 3 is 2.52 bits per heavy atom. The number of nitrogens with zero attached hydrogens (tertiary/aromatic N) is 1. The fraction of sp³-hybridized carbons (Fsp3) is 0.786. The summed E-state index contributed by atoms with van der Waals surface area (Å²) in [6, 6.07) is 0. The van der Waals surface area contributed by atoms with Gasteiger partial charge in [0.1, 0.15) is 0 Å². The first-order valence-corrected chi connectivity index (χ1v) is 7.15. The SMILES string of the molecule is COC(=O)C1CN(C(=O)[C@H]2CC(C)C[C@H]2C(=O)O)CCO1. The predicted octanol–water partition coefficient (Wildman–Crippen LogP) is 0.134. The van der Waals surface area contributed by atoms with Crippen molar-refractivity contribution in [3.8, 4) is 0 Å². The van der Waals surface area contributed by atoms with Gasteiger partial charge in [0.2, 0.25) is 5.91 Å². The van der Waals surface area contributed by atoms with Crippen LogP contribution >= 0.6 is 0 Å². The zero-order chi connectivity index (χ0) is 15.6. The van der Waals surface area contributed by atoms with E-state index in [9.17, 15) is 19.5 Å². The third kappa shape index (κ3) is 3.34. The van der Waals surface area contributed by atoms with Crippen molar-refractivity contribution in [3.63, 3.8) is 0 Å². The fourth-order valence-electron chi connectivity index (χ4n) is 3.20. The average Bonchev–Trinajstić information content (AvgIpc) is 2.88. The molecular formula is C14H21NO6. The standard InChI is InChI=1S/C14H21NO6/c1-8-5-9(10(6-8)13(17)18)12(16)15-3-4-21-11(7-15)14(19)20-2/h8-11H,3-7H2,1-2H3,(H,17,18)/t8?,9-,10+,11?/m0/s1. The van der Waals surface area contributed by atoms with Crippen molar-refractivity contribution in [2.45, 2.75) is 25.9 Å². The van der Waals surface area contributed by atoms with Crippen LogP contribution in [0.1, 0.15) is 19.8 Å². The highest BCUT2D eigenvalue weighted by Crippen LogP contribution is 2.37. The highest BCUT2D eigenvalue weighted by atomic mass is 16.6. The maximum atomic E-state index is 12.6. The number of carbonyl (C=O) groups excluding carboxylic acids is 2. The summed E-state index contributed by atoms with van der Waals surface area (Å²) in [5, 5.41) is 9.26. The molecule has 0 aromatic rings. The topological polar surface area (TPSA) is 93.1 Å². The Labute approximate surface area is 123 Å². The molecule has 1 aliphatic heterocycles. The van der Waals surface area contributed by atoms with Crippen LogP contribution in [-0.4, -0.2) is 60.8 Å². The number of rotatable bonds is 3. The molecule has 1 heterocycles. The summed E-state index contributed by atoms with van der Waals surface area (Å²) < 4.78 is 9.91. The van der Waals surface area contributed by atoms with Gasteiger partial charge in [-0.25, -0.2) is 4.79 Å². The van der Waals surface area contributed by atoms with Crippen LogP contribution in [0.25, 0.3) is 0 Å². The van der Waals surface area contributed by atoms with E-state index >= 15 is 0 Å². The number of morpholine rings is 1. The Kier molecular flexibility index (Phi) is 4.82. The largest absolute Gasteiger partial charge is 0.481 e. The van der Waals surface area contributed by atoms with Crippen molar-refractivity contribution >= 4 is 17.8 Å². The quantitative estimate of drug-likeness (QED) is 0.745. The van der Waals surface area contributed by atoms with Gasteiger partial charge in [0.25, 0.3) is 0 Å². The molecule has 0 spiro atoms. The van der Waals surface area contributed by atoms with Crippen LogP contribution in [0.5, 0.6) is 0 Å². The number of carboxylic acid groups (broad SMARTS) is 1. The molecule has 2 fully saturated rings. The van der Waals surface area contributed by atoms with Crippen molar-refractivity contribution in [1.82, 2.24) is 4.90 Å². The van der Waals surface area contributed by atoms with E-state index in [1.54, 1.807) is 0 Å². The molecule has 0 radical (unpaired) electrons. The van der Waals surface area contributed by atoms with E-state index in [0.717, 1.165) is 0 Å². The second-order valence-corrected chi connectivity index (χ2v) is 5.79. The van der Waals surface area contributed by atoms with E-state index in [2.05, 4.69) is 4.74 Å². The number of aliphatic carboxylic acids is 1. The summed E-state index contributed by atoms with van der Waals surface area (Å²) in [5.74, 6) is -2.54. The highest BCUT2D eigenvalue weighted by molar-refractivity contribution is 5.86. The van der Waals surface area contributed by atoms with Crippen molar-refractivity contribution in [3.05, 3.63) is 0 Å². The molecule has 21 heavy (non-hydrogen) atoms. The molecule has 0 aromatic heterocycles. The second kappa shape index (κ2) is 6.43. The number of ether oxygens (including phenoxy) is 2.